The Morgan fingerprint density at radius 3 is 2.85 bits per heavy atom. The number of hydrogen-bond donors (Lipinski definition) is 0. The highest BCUT2D eigenvalue weighted by atomic mass is 35.5. The zero-order valence-corrected chi connectivity index (χ0v) is 11.8. The van der Waals surface area contributed by atoms with Crippen LogP contribution in [0.1, 0.15) is 30.1 Å². The lowest BCUT2D eigenvalue weighted by Crippen LogP contribution is -2.05. The molecular formula is C14H13ClFNO3. The third-order valence-corrected chi connectivity index (χ3v) is 3.06. The van der Waals surface area contributed by atoms with E-state index in [1.54, 1.807) is 13.0 Å². The van der Waals surface area contributed by atoms with E-state index in [9.17, 15) is 9.18 Å². The van der Waals surface area contributed by atoms with E-state index < -0.39 is 11.8 Å². The molecule has 2 rings (SSSR count). The Bertz CT molecular complexity index is 639. The van der Waals surface area contributed by atoms with Crippen LogP contribution in [0.2, 0.25) is 5.02 Å². The van der Waals surface area contributed by atoms with Crippen LogP contribution in [0, 0.1) is 5.82 Å². The fourth-order valence-electron chi connectivity index (χ4n) is 1.73. The Labute approximate surface area is 120 Å². The summed E-state index contributed by atoms with van der Waals surface area (Å²) in [6.45, 7) is 3.76. The highest BCUT2D eigenvalue weighted by Gasteiger charge is 2.22. The average Bonchev–Trinajstić information content (AvgIpc) is 2.86. The first kappa shape index (κ1) is 14.5. The number of benzene rings is 1. The number of halogens is 2. The highest BCUT2D eigenvalue weighted by molar-refractivity contribution is 6.33. The maximum Gasteiger partial charge on any atom is 0.376 e. The van der Waals surface area contributed by atoms with Crippen molar-refractivity contribution in [2.75, 3.05) is 6.61 Å². The summed E-state index contributed by atoms with van der Waals surface area (Å²) < 4.78 is 23.7. The van der Waals surface area contributed by atoms with Crippen LogP contribution in [0.4, 0.5) is 4.39 Å². The Hall–Kier alpha value is -1.88. The molecule has 0 aliphatic rings. The van der Waals surface area contributed by atoms with Crippen molar-refractivity contribution in [2.24, 2.45) is 0 Å². The molecule has 0 radical (unpaired) electrons. The lowest BCUT2D eigenvalue weighted by molar-refractivity contribution is 0.0489. The van der Waals surface area contributed by atoms with E-state index in [0.717, 1.165) is 0 Å². The molecular weight excluding hydrogens is 285 g/mol. The SMILES string of the molecule is CCOC(=O)c1oc(-c2cccc(F)c2Cl)nc1CC. The third-order valence-electron chi connectivity index (χ3n) is 2.68. The molecule has 0 saturated heterocycles. The maximum atomic E-state index is 13.4. The van der Waals surface area contributed by atoms with Gasteiger partial charge in [-0.1, -0.05) is 24.6 Å². The number of esters is 1. The molecule has 0 aliphatic carbocycles. The minimum atomic E-state index is -0.587. The molecule has 20 heavy (non-hydrogen) atoms. The van der Waals surface area contributed by atoms with Crippen molar-refractivity contribution in [1.82, 2.24) is 4.98 Å². The third kappa shape index (κ3) is 2.67. The van der Waals surface area contributed by atoms with Gasteiger partial charge in [-0.2, -0.15) is 0 Å². The molecule has 0 fully saturated rings. The highest BCUT2D eigenvalue weighted by Crippen LogP contribution is 2.31. The van der Waals surface area contributed by atoms with E-state index in [-0.39, 0.29) is 23.3 Å². The van der Waals surface area contributed by atoms with Gasteiger partial charge in [-0.3, -0.25) is 0 Å². The second kappa shape index (κ2) is 6.05. The van der Waals surface area contributed by atoms with Gasteiger partial charge in [0.05, 0.1) is 22.9 Å². The first-order valence-electron chi connectivity index (χ1n) is 6.19. The molecule has 1 aromatic heterocycles. The number of hydrogen-bond acceptors (Lipinski definition) is 4. The molecule has 0 spiro atoms. The Morgan fingerprint density at radius 1 is 1.45 bits per heavy atom. The minimum Gasteiger partial charge on any atom is -0.460 e. The molecule has 1 heterocycles. The molecule has 4 nitrogen and oxygen atoms in total. The number of aryl methyl sites for hydroxylation is 1. The van der Waals surface area contributed by atoms with Crippen LogP contribution in [-0.2, 0) is 11.2 Å². The number of rotatable bonds is 4. The summed E-state index contributed by atoms with van der Waals surface area (Å²) in [7, 11) is 0. The normalized spacial score (nSPS) is 10.6. The van der Waals surface area contributed by atoms with Crippen LogP contribution in [0.5, 0.6) is 0 Å². The van der Waals surface area contributed by atoms with Gasteiger partial charge in [0, 0.05) is 0 Å². The predicted octanol–water partition coefficient (Wildman–Crippen LogP) is 3.87. The summed E-state index contributed by atoms with van der Waals surface area (Å²) in [6.07, 6.45) is 0.491. The second-order valence-corrected chi connectivity index (χ2v) is 4.35. The van der Waals surface area contributed by atoms with Crippen molar-refractivity contribution in [2.45, 2.75) is 20.3 Å². The molecule has 0 N–H and O–H groups in total. The maximum absolute atomic E-state index is 13.4. The number of aromatic nitrogens is 1. The Balaban J connectivity index is 2.49. The van der Waals surface area contributed by atoms with Crippen molar-refractivity contribution < 1.29 is 18.3 Å². The van der Waals surface area contributed by atoms with Gasteiger partial charge in [-0.15, -0.1) is 0 Å². The van der Waals surface area contributed by atoms with Gasteiger partial charge in [0.15, 0.2) is 0 Å². The molecule has 2 aromatic rings. The smallest absolute Gasteiger partial charge is 0.376 e. The average molecular weight is 298 g/mol. The fraction of sp³-hybridized carbons (Fsp3) is 0.286. The zero-order chi connectivity index (χ0) is 14.7. The topological polar surface area (TPSA) is 52.3 Å². The summed E-state index contributed by atoms with van der Waals surface area (Å²) in [5.74, 6) is -1.02. The van der Waals surface area contributed by atoms with Crippen molar-refractivity contribution in [3.8, 4) is 11.5 Å². The van der Waals surface area contributed by atoms with Gasteiger partial charge in [-0.25, -0.2) is 14.2 Å². The Morgan fingerprint density at radius 2 is 2.20 bits per heavy atom. The molecule has 6 heteroatoms. The van der Waals surface area contributed by atoms with E-state index >= 15 is 0 Å². The lowest BCUT2D eigenvalue weighted by atomic mass is 10.2. The van der Waals surface area contributed by atoms with Gasteiger partial charge in [0.25, 0.3) is 0 Å². The number of ether oxygens (including phenoxy) is 1. The van der Waals surface area contributed by atoms with Crippen LogP contribution in [0.15, 0.2) is 22.6 Å². The van der Waals surface area contributed by atoms with Gasteiger partial charge in [0.1, 0.15) is 5.82 Å². The first-order chi connectivity index (χ1) is 9.58. The first-order valence-corrected chi connectivity index (χ1v) is 6.57. The van der Waals surface area contributed by atoms with Crippen molar-refractivity contribution in [3.63, 3.8) is 0 Å². The monoisotopic (exact) mass is 297 g/mol. The fourth-order valence-corrected chi connectivity index (χ4v) is 1.94. The van der Waals surface area contributed by atoms with Crippen LogP contribution in [0.3, 0.4) is 0 Å². The van der Waals surface area contributed by atoms with Gasteiger partial charge < -0.3 is 9.15 Å². The van der Waals surface area contributed by atoms with Crippen molar-refractivity contribution in [3.05, 3.63) is 40.5 Å². The van der Waals surface area contributed by atoms with E-state index in [0.29, 0.717) is 17.7 Å². The van der Waals surface area contributed by atoms with E-state index in [4.69, 9.17) is 20.8 Å². The van der Waals surface area contributed by atoms with Crippen LogP contribution >= 0.6 is 11.6 Å². The molecule has 0 saturated carbocycles. The molecule has 0 bridgehead atoms. The van der Waals surface area contributed by atoms with E-state index in [1.807, 2.05) is 6.92 Å². The minimum absolute atomic E-state index is 0.0321. The summed E-state index contributed by atoms with van der Waals surface area (Å²) in [5.41, 5.74) is 0.760. The summed E-state index contributed by atoms with van der Waals surface area (Å²) >= 11 is 5.88. The molecule has 0 atom stereocenters. The molecule has 106 valence electrons. The molecule has 0 unspecified atom stereocenters. The van der Waals surface area contributed by atoms with Crippen molar-refractivity contribution in [1.29, 1.82) is 0 Å². The number of carbonyl (C=O) groups is 1. The van der Waals surface area contributed by atoms with Gasteiger partial charge >= 0.3 is 5.97 Å². The van der Waals surface area contributed by atoms with Crippen LogP contribution in [0.25, 0.3) is 11.5 Å². The molecule has 0 amide bonds. The lowest BCUT2D eigenvalue weighted by Gasteiger charge is -2.00. The standard InChI is InChI=1S/C14H13ClFNO3/c1-3-10-12(14(18)19-4-2)20-13(17-10)8-6-5-7-9(16)11(8)15/h5-7H,3-4H2,1-2H3. The number of carbonyl (C=O) groups excluding carboxylic acids is 1. The summed E-state index contributed by atoms with van der Waals surface area (Å²) in [5, 5.41) is -0.0909. The van der Waals surface area contributed by atoms with E-state index in [2.05, 4.69) is 4.98 Å². The van der Waals surface area contributed by atoms with Gasteiger partial charge in [0.2, 0.25) is 11.7 Å². The van der Waals surface area contributed by atoms with Crippen LogP contribution < -0.4 is 0 Å². The number of oxazole rings is 1. The van der Waals surface area contributed by atoms with Gasteiger partial charge in [-0.05, 0) is 25.5 Å². The second-order valence-electron chi connectivity index (χ2n) is 3.97. The Kier molecular flexibility index (Phi) is 4.39. The largest absolute Gasteiger partial charge is 0.460 e. The molecule has 0 aliphatic heterocycles. The molecule has 1 aromatic carbocycles. The summed E-state index contributed by atoms with van der Waals surface area (Å²) in [4.78, 5) is 15.9. The predicted molar refractivity (Wildman–Crippen MR) is 72.2 cm³/mol. The quantitative estimate of drug-likeness (QED) is 0.804. The zero-order valence-electron chi connectivity index (χ0n) is 11.1. The van der Waals surface area contributed by atoms with Crippen LogP contribution in [-0.4, -0.2) is 17.6 Å². The van der Waals surface area contributed by atoms with Crippen molar-refractivity contribution >= 4 is 17.6 Å². The summed E-state index contributed by atoms with van der Waals surface area (Å²) in [6, 6.07) is 4.31. The number of nitrogens with zero attached hydrogens (tertiary/aromatic N) is 1. The van der Waals surface area contributed by atoms with E-state index in [1.165, 1.54) is 12.1 Å².